The number of alkyl halides is 4. The number of carbonyl (C=O) groups is 1. The van der Waals surface area contributed by atoms with E-state index in [9.17, 15) is 31.5 Å². The zero-order valence-electron chi connectivity index (χ0n) is 18.0. The first-order valence-corrected chi connectivity index (χ1v) is 10.2. The minimum absolute atomic E-state index is 0.00441. The SMILES string of the molecule is CCn1c(CF)nn(-c2nc(O[C@@H](C)C(F)(F)F)c(C(=O)Cc3c(Cl)n[nH]c3C)cc2F)c1=O. The van der Waals surface area contributed by atoms with E-state index in [0.29, 0.717) is 23.4 Å². The third-order valence-corrected chi connectivity index (χ3v) is 5.22. The summed E-state index contributed by atoms with van der Waals surface area (Å²) in [5, 5.41) is 9.87. The van der Waals surface area contributed by atoms with Crippen molar-refractivity contribution in [1.29, 1.82) is 0 Å². The van der Waals surface area contributed by atoms with Gasteiger partial charge in [0.05, 0.1) is 5.56 Å². The summed E-state index contributed by atoms with van der Waals surface area (Å²) in [6, 6.07) is 0.582. The van der Waals surface area contributed by atoms with E-state index in [-0.39, 0.29) is 23.1 Å². The van der Waals surface area contributed by atoms with Gasteiger partial charge in [0, 0.05) is 24.2 Å². The predicted molar refractivity (Wildman–Crippen MR) is 109 cm³/mol. The lowest BCUT2D eigenvalue weighted by atomic mass is 10.0. The normalized spacial score (nSPS) is 12.7. The van der Waals surface area contributed by atoms with Crippen molar-refractivity contribution in [2.75, 3.05) is 0 Å². The summed E-state index contributed by atoms with van der Waals surface area (Å²) in [6.07, 6.45) is -7.73. The number of H-pyrrole nitrogens is 1. The predicted octanol–water partition coefficient (Wildman–Crippen LogP) is 3.50. The molecule has 0 aliphatic heterocycles. The molecule has 1 atom stereocenters. The molecule has 3 rings (SSSR count). The Kier molecular flexibility index (Phi) is 7.10. The second-order valence-electron chi connectivity index (χ2n) is 7.15. The maximum Gasteiger partial charge on any atom is 0.425 e. The second kappa shape index (κ2) is 9.52. The summed E-state index contributed by atoms with van der Waals surface area (Å²) in [6.45, 7) is 2.57. The van der Waals surface area contributed by atoms with Crippen molar-refractivity contribution in [1.82, 2.24) is 29.5 Å². The lowest BCUT2D eigenvalue weighted by molar-refractivity contribution is -0.190. The molecule has 184 valence electrons. The van der Waals surface area contributed by atoms with Crippen molar-refractivity contribution in [2.45, 2.75) is 52.7 Å². The molecule has 0 aliphatic rings. The van der Waals surface area contributed by atoms with Crippen LogP contribution in [0.3, 0.4) is 0 Å². The molecule has 0 amide bonds. The molecular weight excluding hydrogens is 491 g/mol. The van der Waals surface area contributed by atoms with Gasteiger partial charge in [0.2, 0.25) is 5.88 Å². The number of aromatic amines is 1. The monoisotopic (exact) mass is 508 g/mol. The first kappa shape index (κ1) is 25.3. The third-order valence-electron chi connectivity index (χ3n) is 4.91. The molecule has 0 saturated heterocycles. The molecule has 0 radical (unpaired) electrons. The van der Waals surface area contributed by atoms with Gasteiger partial charge in [-0.1, -0.05) is 11.6 Å². The molecule has 3 aromatic heterocycles. The summed E-state index contributed by atoms with van der Waals surface area (Å²) >= 11 is 5.92. The Labute approximate surface area is 193 Å². The van der Waals surface area contributed by atoms with Crippen LogP contribution in [-0.2, 0) is 19.6 Å². The molecular formula is C19H18ClF5N6O3. The Morgan fingerprint density at radius 3 is 2.53 bits per heavy atom. The number of nitrogens with one attached hydrogen (secondary N) is 1. The van der Waals surface area contributed by atoms with Gasteiger partial charge in [-0.15, -0.1) is 5.10 Å². The number of Topliss-reactive ketones (excluding diaryl/α,β-unsaturated/α-hetero) is 1. The minimum Gasteiger partial charge on any atom is -0.464 e. The van der Waals surface area contributed by atoms with Crippen molar-refractivity contribution >= 4 is 17.4 Å². The number of pyridine rings is 1. The van der Waals surface area contributed by atoms with Crippen LogP contribution in [-0.4, -0.2) is 47.6 Å². The number of hydrogen-bond acceptors (Lipinski definition) is 6. The fourth-order valence-corrected chi connectivity index (χ4v) is 3.26. The van der Waals surface area contributed by atoms with Crippen molar-refractivity contribution in [3.63, 3.8) is 0 Å². The maximum absolute atomic E-state index is 15.0. The standard InChI is InChI=1S/C19H18ClF5N6O3/c1-4-30-14(7-21)29-31(18(30)33)16-12(22)5-11(17(26-16)34-9(3)19(23,24)25)13(32)6-10-8(2)27-28-15(10)20/h5,9H,4,6-7H2,1-3H3,(H,27,28)/t9-/m0/s1. The summed E-state index contributed by atoms with van der Waals surface area (Å²) in [4.78, 5) is 29.1. The number of hydrogen-bond donors (Lipinski definition) is 1. The highest BCUT2D eigenvalue weighted by Crippen LogP contribution is 2.29. The van der Waals surface area contributed by atoms with Crippen molar-refractivity contribution < 1.29 is 31.5 Å². The van der Waals surface area contributed by atoms with Gasteiger partial charge in [0.1, 0.15) is 6.67 Å². The van der Waals surface area contributed by atoms with E-state index in [1.54, 1.807) is 6.92 Å². The van der Waals surface area contributed by atoms with E-state index in [0.717, 1.165) is 4.57 Å². The molecule has 0 aromatic carbocycles. The van der Waals surface area contributed by atoms with Crippen LogP contribution in [0.4, 0.5) is 22.0 Å². The van der Waals surface area contributed by atoms with E-state index >= 15 is 0 Å². The van der Waals surface area contributed by atoms with Crippen LogP contribution in [0.25, 0.3) is 5.82 Å². The van der Waals surface area contributed by atoms with Gasteiger partial charge in [-0.25, -0.2) is 13.6 Å². The highest BCUT2D eigenvalue weighted by atomic mass is 35.5. The Bertz CT molecular complexity index is 1260. The average Bonchev–Trinajstić information content (AvgIpc) is 3.26. The first-order chi connectivity index (χ1) is 15.9. The molecule has 0 saturated carbocycles. The van der Waals surface area contributed by atoms with Gasteiger partial charge < -0.3 is 4.74 Å². The quantitative estimate of drug-likeness (QED) is 0.369. The number of ether oxygens (including phenoxy) is 1. The van der Waals surface area contributed by atoms with Crippen molar-refractivity contribution in [3.05, 3.63) is 50.2 Å². The average molecular weight is 509 g/mol. The molecule has 9 nitrogen and oxygen atoms in total. The molecule has 1 N–H and O–H groups in total. The zero-order chi connectivity index (χ0) is 25.4. The number of carbonyl (C=O) groups excluding carboxylic acids is 1. The molecule has 34 heavy (non-hydrogen) atoms. The fraction of sp³-hybridized carbons (Fsp3) is 0.421. The summed E-state index contributed by atoms with van der Waals surface area (Å²) in [5.74, 6) is -4.22. The van der Waals surface area contributed by atoms with Crippen LogP contribution >= 0.6 is 11.6 Å². The molecule has 3 aromatic rings. The number of halogens is 6. The maximum atomic E-state index is 15.0. The smallest absolute Gasteiger partial charge is 0.425 e. The Morgan fingerprint density at radius 1 is 1.35 bits per heavy atom. The summed E-state index contributed by atoms with van der Waals surface area (Å²) in [7, 11) is 0. The number of nitrogens with zero attached hydrogens (tertiary/aromatic N) is 5. The van der Waals surface area contributed by atoms with Crippen molar-refractivity contribution in [3.8, 4) is 11.7 Å². The van der Waals surface area contributed by atoms with Gasteiger partial charge in [0.25, 0.3) is 0 Å². The topological polar surface area (TPSA) is 108 Å². The van der Waals surface area contributed by atoms with Gasteiger partial charge in [-0.05, 0) is 26.8 Å². The first-order valence-electron chi connectivity index (χ1n) is 9.80. The Hall–Kier alpha value is -3.29. The molecule has 3 heterocycles. The lowest BCUT2D eigenvalue weighted by Crippen LogP contribution is -2.32. The van der Waals surface area contributed by atoms with Gasteiger partial charge in [-0.2, -0.15) is 27.9 Å². The highest BCUT2D eigenvalue weighted by Gasteiger charge is 2.39. The molecule has 15 heteroatoms. The molecule has 0 bridgehead atoms. The second-order valence-corrected chi connectivity index (χ2v) is 7.51. The van der Waals surface area contributed by atoms with E-state index < -0.39 is 59.9 Å². The Balaban J connectivity index is 2.15. The number of aryl methyl sites for hydroxylation is 1. The zero-order valence-corrected chi connectivity index (χ0v) is 18.8. The van der Waals surface area contributed by atoms with Crippen LogP contribution in [0, 0.1) is 12.7 Å². The van der Waals surface area contributed by atoms with E-state index in [1.165, 1.54) is 6.92 Å². The van der Waals surface area contributed by atoms with Gasteiger partial charge >= 0.3 is 11.9 Å². The van der Waals surface area contributed by atoms with Crippen LogP contribution in [0.1, 0.15) is 41.3 Å². The number of aromatic nitrogens is 6. The highest BCUT2D eigenvalue weighted by molar-refractivity contribution is 6.30. The summed E-state index contributed by atoms with van der Waals surface area (Å²) in [5.41, 5.74) is -0.930. The van der Waals surface area contributed by atoms with Gasteiger partial charge in [-0.3, -0.25) is 14.5 Å². The summed E-state index contributed by atoms with van der Waals surface area (Å²) < 4.78 is 73.7. The molecule has 0 unspecified atom stereocenters. The van der Waals surface area contributed by atoms with Gasteiger partial charge in [0.15, 0.2) is 34.5 Å². The third kappa shape index (κ3) is 4.81. The van der Waals surface area contributed by atoms with Crippen LogP contribution in [0.2, 0.25) is 5.15 Å². The molecule has 0 spiro atoms. The van der Waals surface area contributed by atoms with Crippen molar-refractivity contribution in [2.24, 2.45) is 0 Å². The van der Waals surface area contributed by atoms with E-state index in [2.05, 4.69) is 20.3 Å². The van der Waals surface area contributed by atoms with Crippen LogP contribution in [0.15, 0.2) is 10.9 Å². The number of rotatable bonds is 8. The molecule has 0 fully saturated rings. The fourth-order valence-electron chi connectivity index (χ4n) is 3.01. The number of ketones is 1. The van der Waals surface area contributed by atoms with E-state index in [1.807, 2.05) is 0 Å². The lowest BCUT2D eigenvalue weighted by Gasteiger charge is -2.19. The largest absolute Gasteiger partial charge is 0.464 e. The Morgan fingerprint density at radius 2 is 2.03 bits per heavy atom. The van der Waals surface area contributed by atoms with Crippen LogP contribution < -0.4 is 10.4 Å². The van der Waals surface area contributed by atoms with E-state index in [4.69, 9.17) is 16.3 Å². The van der Waals surface area contributed by atoms with Crippen LogP contribution in [0.5, 0.6) is 5.88 Å². The molecule has 0 aliphatic carbocycles. The minimum atomic E-state index is -4.84.